The molecular weight excluding hydrogens is 600 g/mol. The molecule has 5 atom stereocenters. The Labute approximate surface area is 262 Å². The molecule has 2 fully saturated rings. The molecule has 12 nitrogen and oxygen atoms in total. The maximum absolute atomic E-state index is 14.3. The normalized spacial score (nSPS) is 23.6. The van der Waals surface area contributed by atoms with Crippen LogP contribution in [0.25, 0.3) is 21.0 Å². The lowest BCUT2D eigenvalue weighted by molar-refractivity contribution is -0.146. The number of hydrogen-bond acceptors (Lipinski definition) is 10. The number of nitrogens with zero attached hydrogens (tertiary/aromatic N) is 4. The second-order valence-electron chi connectivity index (χ2n) is 12.5. The number of aryl methyl sites for hydroxylation is 1. The molecule has 3 heterocycles. The van der Waals surface area contributed by atoms with Gasteiger partial charge in [-0.15, -0.1) is 11.3 Å². The van der Waals surface area contributed by atoms with Crippen molar-refractivity contribution in [3.63, 3.8) is 0 Å². The molecule has 236 valence electrons. The molecule has 0 spiro atoms. The highest BCUT2D eigenvalue weighted by atomic mass is 32.1. The summed E-state index contributed by atoms with van der Waals surface area (Å²) in [5.74, 6) is -0.238. The van der Waals surface area contributed by atoms with Gasteiger partial charge in [0.2, 0.25) is 5.89 Å². The Morgan fingerprint density at radius 1 is 1.27 bits per heavy atom. The zero-order valence-electron chi connectivity index (χ0n) is 25.4. The molecule has 13 heteroatoms. The van der Waals surface area contributed by atoms with Crippen LogP contribution < -0.4 is 16.0 Å². The van der Waals surface area contributed by atoms with Gasteiger partial charge in [0.15, 0.2) is 5.60 Å². The predicted octanol–water partition coefficient (Wildman–Crippen LogP) is 4.22. The number of carbonyl (C=O) groups is 1. The highest BCUT2D eigenvalue weighted by molar-refractivity contribution is 7.22. The lowest BCUT2D eigenvalue weighted by Gasteiger charge is -2.28. The fourth-order valence-electron chi connectivity index (χ4n) is 6.99. The van der Waals surface area contributed by atoms with Crippen LogP contribution in [0.15, 0.2) is 50.7 Å². The lowest BCUT2D eigenvalue weighted by atomic mass is 9.99. The number of hydrogen-bond donors (Lipinski definition) is 2. The SMILES string of the molecule is COc1ccccc1C(Cn1c(=O)n(C(C)(C)C(=O)O)c(=O)c2c(C)c(-c3ncco3)sc21)O[C@@H]1C[C@@H]2CC(O)(C#N)C[C@@H]2C1. The van der Waals surface area contributed by atoms with E-state index in [9.17, 15) is 29.9 Å². The summed E-state index contributed by atoms with van der Waals surface area (Å²) in [6.45, 7) is 4.31. The van der Waals surface area contributed by atoms with E-state index < -0.39 is 34.5 Å². The molecule has 0 amide bonds. The molecule has 3 aromatic heterocycles. The van der Waals surface area contributed by atoms with E-state index in [1.54, 1.807) is 20.1 Å². The third kappa shape index (κ3) is 5.16. The molecule has 2 N–H and O–H groups in total. The maximum atomic E-state index is 14.3. The van der Waals surface area contributed by atoms with Crippen molar-refractivity contribution in [1.29, 1.82) is 5.26 Å². The third-order valence-corrected chi connectivity index (χ3v) is 10.6. The summed E-state index contributed by atoms with van der Waals surface area (Å²) >= 11 is 1.17. The van der Waals surface area contributed by atoms with Crippen LogP contribution in [0.2, 0.25) is 0 Å². The standard InChI is InChI=1S/C32H34N4O8S/c1-17-24-27(37)36(31(2,3)29(38)39)30(40)35(28(24)45-25(17)26-34-9-10-43-26)15-23(21-7-5-6-8-22(21)42-4)44-20-11-18-13-32(41,16-33)14-19(18)12-20/h5-10,18-20,23,41H,11-15H2,1-4H3,(H,38,39)/t18-,19+,20-,23?,32?. The molecule has 0 saturated heterocycles. The van der Waals surface area contributed by atoms with Crippen LogP contribution in [0.5, 0.6) is 5.75 Å². The first-order chi connectivity index (χ1) is 21.4. The fraction of sp³-hybridized carbons (Fsp3) is 0.469. The summed E-state index contributed by atoms with van der Waals surface area (Å²) in [6.07, 6.45) is 4.01. The summed E-state index contributed by atoms with van der Waals surface area (Å²) in [5.41, 5.74) is -3.47. The van der Waals surface area contributed by atoms with Gasteiger partial charge in [-0.05, 0) is 69.9 Å². The Kier molecular flexibility index (Phi) is 7.71. The smallest absolute Gasteiger partial charge is 0.333 e. The van der Waals surface area contributed by atoms with Crippen molar-refractivity contribution in [3.05, 3.63) is 68.7 Å². The van der Waals surface area contributed by atoms with Crippen molar-refractivity contribution in [1.82, 2.24) is 14.1 Å². The van der Waals surface area contributed by atoms with Gasteiger partial charge >= 0.3 is 11.7 Å². The summed E-state index contributed by atoms with van der Waals surface area (Å²) in [4.78, 5) is 45.7. The quantitative estimate of drug-likeness (QED) is 0.254. The fourth-order valence-corrected chi connectivity index (χ4v) is 8.23. The molecule has 2 aliphatic carbocycles. The Morgan fingerprint density at radius 3 is 2.56 bits per heavy atom. The van der Waals surface area contributed by atoms with Crippen LogP contribution in [0.4, 0.5) is 0 Å². The van der Waals surface area contributed by atoms with Gasteiger partial charge in [0.1, 0.15) is 28.5 Å². The van der Waals surface area contributed by atoms with Gasteiger partial charge in [0.05, 0.1) is 42.3 Å². The van der Waals surface area contributed by atoms with Gasteiger partial charge in [-0.1, -0.05) is 18.2 Å². The predicted molar refractivity (Wildman–Crippen MR) is 164 cm³/mol. The Morgan fingerprint density at radius 2 is 1.96 bits per heavy atom. The van der Waals surface area contributed by atoms with Gasteiger partial charge in [-0.25, -0.2) is 19.1 Å². The number of carboxylic acids is 1. The topological polar surface area (TPSA) is 170 Å². The second-order valence-corrected chi connectivity index (χ2v) is 13.5. The summed E-state index contributed by atoms with van der Waals surface area (Å²) < 4.78 is 20.2. The van der Waals surface area contributed by atoms with Gasteiger partial charge in [0.25, 0.3) is 5.56 Å². The summed E-state index contributed by atoms with van der Waals surface area (Å²) in [5, 5.41) is 30.3. The van der Waals surface area contributed by atoms with E-state index in [-0.39, 0.29) is 35.8 Å². The van der Waals surface area contributed by atoms with Gasteiger partial charge in [-0.3, -0.25) is 9.36 Å². The van der Waals surface area contributed by atoms with Gasteiger partial charge in [-0.2, -0.15) is 5.26 Å². The number of aromatic nitrogens is 3. The minimum Gasteiger partial charge on any atom is -0.496 e. The van der Waals surface area contributed by atoms with Gasteiger partial charge < -0.3 is 24.1 Å². The number of thiophene rings is 1. The summed E-state index contributed by atoms with van der Waals surface area (Å²) in [6, 6.07) is 9.36. The highest BCUT2D eigenvalue weighted by Crippen LogP contribution is 2.50. The Balaban J connectivity index is 1.50. The molecule has 1 aromatic carbocycles. The molecule has 45 heavy (non-hydrogen) atoms. The molecule has 2 aliphatic rings. The number of carboxylic acid groups (broad SMARTS) is 1. The average Bonchev–Trinajstić information content (AvgIpc) is 3.78. The molecule has 2 unspecified atom stereocenters. The van der Waals surface area contributed by atoms with Crippen LogP contribution >= 0.6 is 11.3 Å². The second kappa shape index (κ2) is 11.3. The van der Waals surface area contributed by atoms with Crippen LogP contribution in [-0.4, -0.2) is 49.1 Å². The number of para-hydroxylation sites is 1. The first-order valence-corrected chi connectivity index (χ1v) is 15.5. The number of nitriles is 1. The third-order valence-electron chi connectivity index (χ3n) is 9.32. The number of aliphatic hydroxyl groups is 1. The Bertz CT molecular complexity index is 1920. The van der Waals surface area contributed by atoms with E-state index in [1.807, 2.05) is 24.3 Å². The molecule has 0 aliphatic heterocycles. The number of rotatable bonds is 9. The van der Waals surface area contributed by atoms with Crippen molar-refractivity contribution in [2.45, 2.75) is 76.3 Å². The van der Waals surface area contributed by atoms with Crippen LogP contribution in [-0.2, 0) is 21.6 Å². The average molecular weight is 635 g/mol. The Hall–Kier alpha value is -4.25. The number of fused-ring (bicyclic) bond motifs is 2. The maximum Gasteiger partial charge on any atom is 0.333 e. The van der Waals surface area contributed by atoms with Crippen LogP contribution in [0.1, 0.15) is 56.8 Å². The lowest BCUT2D eigenvalue weighted by Crippen LogP contribution is -2.52. The number of oxazole rings is 1. The molecule has 2 saturated carbocycles. The molecule has 0 radical (unpaired) electrons. The first-order valence-electron chi connectivity index (χ1n) is 14.7. The van der Waals surface area contributed by atoms with E-state index in [4.69, 9.17) is 13.9 Å². The first kappa shape index (κ1) is 30.8. The van der Waals surface area contributed by atoms with E-state index >= 15 is 0 Å². The molecule has 4 aromatic rings. The van der Waals surface area contributed by atoms with Crippen molar-refractivity contribution in [2.24, 2.45) is 11.8 Å². The number of ether oxygens (including phenoxy) is 2. The summed E-state index contributed by atoms with van der Waals surface area (Å²) in [7, 11) is 1.55. The van der Waals surface area contributed by atoms with E-state index in [0.717, 1.165) is 4.57 Å². The number of benzene rings is 1. The molecular formula is C32H34N4O8S. The van der Waals surface area contributed by atoms with Gasteiger partial charge in [0, 0.05) is 5.56 Å². The van der Waals surface area contributed by atoms with E-state index in [1.165, 1.54) is 42.2 Å². The molecule has 0 bridgehead atoms. The number of methoxy groups -OCH3 is 1. The minimum atomic E-state index is -1.86. The highest BCUT2D eigenvalue weighted by Gasteiger charge is 2.50. The zero-order valence-corrected chi connectivity index (χ0v) is 26.2. The monoisotopic (exact) mass is 634 g/mol. The van der Waals surface area contributed by atoms with Crippen molar-refractivity contribution < 1.29 is 28.9 Å². The minimum absolute atomic E-state index is 0.0510. The van der Waals surface area contributed by atoms with Crippen LogP contribution in [0, 0.1) is 30.1 Å². The largest absolute Gasteiger partial charge is 0.496 e. The molecule has 6 rings (SSSR count). The number of aliphatic carboxylic acids is 1. The van der Waals surface area contributed by atoms with Crippen molar-refractivity contribution >= 4 is 27.5 Å². The van der Waals surface area contributed by atoms with Crippen molar-refractivity contribution in [2.75, 3.05) is 7.11 Å². The van der Waals surface area contributed by atoms with Crippen molar-refractivity contribution in [3.8, 4) is 22.6 Å². The van der Waals surface area contributed by atoms with Crippen LogP contribution in [0.3, 0.4) is 0 Å². The van der Waals surface area contributed by atoms with E-state index in [0.29, 0.717) is 52.3 Å². The zero-order chi connectivity index (χ0) is 32.3. The van der Waals surface area contributed by atoms with E-state index in [2.05, 4.69) is 4.98 Å².